The van der Waals surface area contributed by atoms with Gasteiger partial charge < -0.3 is 14.3 Å². The maximum Gasteiger partial charge on any atom is 0.161 e. The molecule has 0 fully saturated rings. The van der Waals surface area contributed by atoms with E-state index in [4.69, 9.17) is 9.47 Å². The summed E-state index contributed by atoms with van der Waals surface area (Å²) < 4.78 is 10.7. The average Bonchev–Trinajstić information content (AvgIpc) is 2.27. The third kappa shape index (κ3) is 3.27. The first-order chi connectivity index (χ1) is 7.31. The van der Waals surface area contributed by atoms with Gasteiger partial charge in [-0.2, -0.15) is 0 Å². The van der Waals surface area contributed by atoms with E-state index in [1.807, 2.05) is 25.1 Å². The van der Waals surface area contributed by atoms with Gasteiger partial charge in [-0.1, -0.05) is 13.0 Å². The van der Waals surface area contributed by atoms with E-state index >= 15 is 0 Å². The molecule has 0 amide bonds. The summed E-state index contributed by atoms with van der Waals surface area (Å²) in [5.74, 6) is 1.41. The molecular weight excluding hydrogens is 192 g/mol. The Labute approximate surface area is 90.0 Å². The summed E-state index contributed by atoms with van der Waals surface area (Å²) in [5, 5.41) is 0. The van der Waals surface area contributed by atoms with E-state index < -0.39 is 0 Å². The van der Waals surface area contributed by atoms with Gasteiger partial charge in [0.15, 0.2) is 11.5 Å². The molecule has 0 atom stereocenters. The van der Waals surface area contributed by atoms with Crippen LogP contribution in [0.25, 0.3) is 0 Å². The molecule has 82 valence electrons. The van der Waals surface area contributed by atoms with Gasteiger partial charge in [-0.15, -0.1) is 0 Å². The molecule has 0 saturated heterocycles. The number of carbonyl (C=O) groups excluding carboxylic acids is 1. The molecule has 0 N–H and O–H groups in total. The van der Waals surface area contributed by atoms with Crippen molar-refractivity contribution in [2.24, 2.45) is 0 Å². The maximum atomic E-state index is 10.4. The maximum absolute atomic E-state index is 10.4. The summed E-state index contributed by atoms with van der Waals surface area (Å²) in [6.45, 7) is 2.72. The lowest BCUT2D eigenvalue weighted by molar-refractivity contribution is -0.107. The minimum Gasteiger partial charge on any atom is -0.493 e. The molecule has 0 aliphatic rings. The Morgan fingerprint density at radius 2 is 2.13 bits per heavy atom. The van der Waals surface area contributed by atoms with Gasteiger partial charge in [0.1, 0.15) is 6.29 Å². The zero-order valence-electron chi connectivity index (χ0n) is 9.16. The van der Waals surface area contributed by atoms with Crippen LogP contribution in [0, 0.1) is 0 Å². The molecule has 0 bridgehead atoms. The van der Waals surface area contributed by atoms with Gasteiger partial charge in [-0.05, 0) is 24.1 Å². The third-order valence-electron chi connectivity index (χ3n) is 2.01. The second-order valence-electron chi connectivity index (χ2n) is 3.20. The van der Waals surface area contributed by atoms with Gasteiger partial charge in [0.25, 0.3) is 0 Å². The molecule has 0 radical (unpaired) electrons. The molecule has 0 aliphatic carbocycles. The smallest absolute Gasteiger partial charge is 0.161 e. The summed E-state index contributed by atoms with van der Waals surface area (Å²) in [6.07, 6.45) is 2.24. The van der Waals surface area contributed by atoms with Gasteiger partial charge >= 0.3 is 0 Å². The largest absolute Gasteiger partial charge is 0.493 e. The number of hydrogen-bond acceptors (Lipinski definition) is 3. The SMILES string of the molecule is CCCOc1ccc(CC=O)cc1OC. The van der Waals surface area contributed by atoms with E-state index in [-0.39, 0.29) is 0 Å². The summed E-state index contributed by atoms with van der Waals surface area (Å²) in [5.41, 5.74) is 0.936. The lowest BCUT2D eigenvalue weighted by Gasteiger charge is -2.10. The van der Waals surface area contributed by atoms with Gasteiger partial charge in [0, 0.05) is 6.42 Å². The fraction of sp³-hybridized carbons (Fsp3) is 0.417. The fourth-order valence-corrected chi connectivity index (χ4v) is 1.27. The Bertz CT molecular complexity index is 321. The van der Waals surface area contributed by atoms with Crippen LogP contribution in [0.2, 0.25) is 0 Å². The lowest BCUT2D eigenvalue weighted by atomic mass is 10.1. The monoisotopic (exact) mass is 208 g/mol. The highest BCUT2D eigenvalue weighted by atomic mass is 16.5. The molecule has 1 aromatic carbocycles. The van der Waals surface area contributed by atoms with Gasteiger partial charge in [-0.25, -0.2) is 0 Å². The van der Waals surface area contributed by atoms with Crippen LogP contribution >= 0.6 is 0 Å². The molecule has 3 heteroatoms. The van der Waals surface area contributed by atoms with Crippen LogP contribution in [-0.4, -0.2) is 20.0 Å². The summed E-state index contributed by atoms with van der Waals surface area (Å²) in [6, 6.07) is 5.55. The molecule has 0 aliphatic heterocycles. The zero-order valence-corrected chi connectivity index (χ0v) is 9.16. The predicted molar refractivity (Wildman–Crippen MR) is 58.5 cm³/mol. The van der Waals surface area contributed by atoms with Gasteiger partial charge in [-0.3, -0.25) is 0 Å². The Balaban J connectivity index is 2.82. The second kappa shape index (κ2) is 6.06. The van der Waals surface area contributed by atoms with Crippen molar-refractivity contribution in [2.45, 2.75) is 19.8 Å². The molecule has 0 unspecified atom stereocenters. The Hall–Kier alpha value is -1.51. The number of hydrogen-bond donors (Lipinski definition) is 0. The van der Waals surface area contributed by atoms with E-state index in [1.54, 1.807) is 7.11 Å². The van der Waals surface area contributed by atoms with E-state index in [1.165, 1.54) is 0 Å². The van der Waals surface area contributed by atoms with E-state index in [2.05, 4.69) is 0 Å². The third-order valence-corrected chi connectivity index (χ3v) is 2.01. The molecule has 15 heavy (non-hydrogen) atoms. The molecule has 3 nitrogen and oxygen atoms in total. The highest BCUT2D eigenvalue weighted by molar-refractivity contribution is 5.56. The van der Waals surface area contributed by atoms with Crippen molar-refractivity contribution in [3.8, 4) is 11.5 Å². The van der Waals surface area contributed by atoms with Crippen molar-refractivity contribution in [1.82, 2.24) is 0 Å². The first-order valence-electron chi connectivity index (χ1n) is 5.05. The van der Waals surface area contributed by atoms with Crippen LogP contribution in [0.3, 0.4) is 0 Å². The molecule has 0 spiro atoms. The van der Waals surface area contributed by atoms with Crippen LogP contribution in [-0.2, 0) is 11.2 Å². The van der Waals surface area contributed by atoms with Crippen LogP contribution < -0.4 is 9.47 Å². The summed E-state index contributed by atoms with van der Waals surface area (Å²) in [7, 11) is 1.60. The minimum atomic E-state index is 0.407. The minimum absolute atomic E-state index is 0.407. The fourth-order valence-electron chi connectivity index (χ4n) is 1.27. The molecule has 0 heterocycles. The van der Waals surface area contributed by atoms with E-state index in [9.17, 15) is 4.79 Å². The molecule has 1 aromatic rings. The average molecular weight is 208 g/mol. The standard InChI is InChI=1S/C12H16O3/c1-3-8-15-11-5-4-10(6-7-13)9-12(11)14-2/h4-5,7,9H,3,6,8H2,1-2H3. The quantitative estimate of drug-likeness (QED) is 0.672. The van der Waals surface area contributed by atoms with Crippen molar-refractivity contribution >= 4 is 6.29 Å². The Kier molecular flexibility index (Phi) is 4.68. The zero-order chi connectivity index (χ0) is 11.1. The number of ether oxygens (including phenoxy) is 2. The second-order valence-corrected chi connectivity index (χ2v) is 3.20. The lowest BCUT2D eigenvalue weighted by Crippen LogP contribution is -1.98. The van der Waals surface area contributed by atoms with Crippen LogP contribution in [0.1, 0.15) is 18.9 Å². The number of methoxy groups -OCH3 is 1. The predicted octanol–water partition coefficient (Wildman–Crippen LogP) is 2.23. The highest BCUT2D eigenvalue weighted by Gasteiger charge is 2.04. The van der Waals surface area contributed by atoms with Gasteiger partial charge in [0.2, 0.25) is 0 Å². The van der Waals surface area contributed by atoms with E-state index in [0.29, 0.717) is 18.8 Å². The van der Waals surface area contributed by atoms with Crippen molar-refractivity contribution in [2.75, 3.05) is 13.7 Å². The summed E-state index contributed by atoms with van der Waals surface area (Å²) >= 11 is 0. The molecule has 0 saturated carbocycles. The molecule has 0 aromatic heterocycles. The normalized spacial score (nSPS) is 9.73. The van der Waals surface area contributed by atoms with Crippen LogP contribution in [0.4, 0.5) is 0 Å². The Morgan fingerprint density at radius 1 is 1.33 bits per heavy atom. The molecular formula is C12H16O3. The number of carbonyl (C=O) groups is 1. The number of aldehydes is 1. The van der Waals surface area contributed by atoms with Crippen molar-refractivity contribution in [1.29, 1.82) is 0 Å². The number of rotatable bonds is 6. The van der Waals surface area contributed by atoms with Crippen molar-refractivity contribution in [3.63, 3.8) is 0 Å². The van der Waals surface area contributed by atoms with Gasteiger partial charge in [0.05, 0.1) is 13.7 Å². The van der Waals surface area contributed by atoms with E-state index in [0.717, 1.165) is 24.0 Å². The first kappa shape index (κ1) is 11.6. The Morgan fingerprint density at radius 3 is 2.73 bits per heavy atom. The summed E-state index contributed by atoms with van der Waals surface area (Å²) in [4.78, 5) is 10.4. The van der Waals surface area contributed by atoms with Crippen LogP contribution in [0.5, 0.6) is 11.5 Å². The first-order valence-corrected chi connectivity index (χ1v) is 5.05. The number of benzene rings is 1. The topological polar surface area (TPSA) is 35.5 Å². The van der Waals surface area contributed by atoms with Crippen molar-refractivity contribution in [3.05, 3.63) is 23.8 Å². The highest BCUT2D eigenvalue weighted by Crippen LogP contribution is 2.28. The van der Waals surface area contributed by atoms with Crippen LogP contribution in [0.15, 0.2) is 18.2 Å². The van der Waals surface area contributed by atoms with Crippen molar-refractivity contribution < 1.29 is 14.3 Å². The molecule has 1 rings (SSSR count).